The van der Waals surface area contributed by atoms with E-state index in [0.29, 0.717) is 16.7 Å². The number of nitrogens with zero attached hydrogens (tertiary/aromatic N) is 1. The lowest BCUT2D eigenvalue weighted by molar-refractivity contribution is 0.186. The average molecular weight is 242 g/mol. The molecular formula is C11H9Cl2NO. The Labute approximate surface area is 97.8 Å². The monoisotopic (exact) mass is 241 g/mol. The Morgan fingerprint density at radius 3 is 2.87 bits per heavy atom. The number of benzene rings is 1. The molecule has 0 aliphatic rings. The molecule has 0 saturated carbocycles. The molecule has 0 radical (unpaired) electrons. The fourth-order valence-corrected chi connectivity index (χ4v) is 1.87. The summed E-state index contributed by atoms with van der Waals surface area (Å²) in [6, 6.07) is 5.59. The van der Waals surface area contributed by atoms with E-state index in [1.807, 2.05) is 18.2 Å². The lowest BCUT2D eigenvalue weighted by Gasteiger charge is -2.07. The average Bonchev–Trinajstić information content (AvgIpc) is 2.22. The molecule has 0 bridgehead atoms. The smallest absolute Gasteiger partial charge is 0.0773 e. The van der Waals surface area contributed by atoms with Gasteiger partial charge >= 0.3 is 0 Å². The first kappa shape index (κ1) is 10.7. The van der Waals surface area contributed by atoms with E-state index in [0.717, 1.165) is 16.5 Å². The van der Waals surface area contributed by atoms with Gasteiger partial charge in [0.1, 0.15) is 0 Å². The van der Waals surface area contributed by atoms with Gasteiger partial charge in [0.05, 0.1) is 17.1 Å². The van der Waals surface area contributed by atoms with Gasteiger partial charge in [0, 0.05) is 29.3 Å². The largest absolute Gasteiger partial charge is 0.380 e. The SMILES string of the molecule is COCc1c(Cl)ccc2cc(Cl)cnc12. The summed E-state index contributed by atoms with van der Waals surface area (Å²) < 4.78 is 5.09. The maximum absolute atomic E-state index is 6.07. The summed E-state index contributed by atoms with van der Waals surface area (Å²) in [6.07, 6.45) is 1.61. The minimum Gasteiger partial charge on any atom is -0.380 e. The van der Waals surface area contributed by atoms with Crippen molar-refractivity contribution >= 4 is 34.1 Å². The van der Waals surface area contributed by atoms with E-state index in [2.05, 4.69) is 4.98 Å². The lowest BCUT2D eigenvalue weighted by Crippen LogP contribution is -1.93. The summed E-state index contributed by atoms with van der Waals surface area (Å²) >= 11 is 11.9. The third-order valence-corrected chi connectivity index (χ3v) is 2.72. The molecule has 1 heterocycles. The van der Waals surface area contributed by atoms with Crippen molar-refractivity contribution < 1.29 is 4.74 Å². The van der Waals surface area contributed by atoms with E-state index in [1.165, 1.54) is 0 Å². The number of hydrogen-bond acceptors (Lipinski definition) is 2. The first-order valence-electron chi connectivity index (χ1n) is 4.44. The van der Waals surface area contributed by atoms with Crippen molar-refractivity contribution in [3.05, 3.63) is 40.0 Å². The number of hydrogen-bond donors (Lipinski definition) is 0. The fraction of sp³-hybridized carbons (Fsp3) is 0.182. The second-order valence-corrected chi connectivity index (χ2v) is 4.03. The summed E-state index contributed by atoms with van der Waals surface area (Å²) in [5, 5.41) is 2.26. The van der Waals surface area contributed by atoms with E-state index < -0.39 is 0 Å². The zero-order chi connectivity index (χ0) is 10.8. The highest BCUT2D eigenvalue weighted by molar-refractivity contribution is 6.33. The number of methoxy groups -OCH3 is 1. The first-order chi connectivity index (χ1) is 7.22. The first-order valence-corrected chi connectivity index (χ1v) is 5.19. The normalized spacial score (nSPS) is 10.9. The molecule has 0 aliphatic heterocycles. The number of fused-ring (bicyclic) bond motifs is 1. The Morgan fingerprint density at radius 2 is 2.13 bits per heavy atom. The summed E-state index contributed by atoms with van der Waals surface area (Å²) in [4.78, 5) is 4.26. The number of pyridine rings is 1. The predicted molar refractivity (Wildman–Crippen MR) is 62.5 cm³/mol. The van der Waals surface area contributed by atoms with Gasteiger partial charge in [0.15, 0.2) is 0 Å². The summed E-state index contributed by atoms with van der Waals surface area (Å²) in [5.41, 5.74) is 1.74. The second kappa shape index (κ2) is 4.35. The van der Waals surface area contributed by atoms with Crippen LogP contribution < -0.4 is 0 Å². The van der Waals surface area contributed by atoms with Crippen molar-refractivity contribution in [2.24, 2.45) is 0 Å². The van der Waals surface area contributed by atoms with Gasteiger partial charge in [-0.15, -0.1) is 0 Å². The molecular weight excluding hydrogens is 233 g/mol. The van der Waals surface area contributed by atoms with Crippen LogP contribution in [0.25, 0.3) is 10.9 Å². The molecule has 0 unspecified atom stereocenters. The van der Waals surface area contributed by atoms with Gasteiger partial charge in [-0.2, -0.15) is 0 Å². The molecule has 0 atom stereocenters. The van der Waals surface area contributed by atoms with Gasteiger partial charge in [-0.3, -0.25) is 4.98 Å². The van der Waals surface area contributed by atoms with Crippen molar-refractivity contribution in [2.45, 2.75) is 6.61 Å². The van der Waals surface area contributed by atoms with Gasteiger partial charge in [-0.25, -0.2) is 0 Å². The van der Waals surface area contributed by atoms with E-state index in [-0.39, 0.29) is 0 Å². The molecule has 1 aromatic carbocycles. The van der Waals surface area contributed by atoms with Gasteiger partial charge in [-0.1, -0.05) is 29.3 Å². The minimum atomic E-state index is 0.449. The number of ether oxygens (including phenoxy) is 1. The van der Waals surface area contributed by atoms with Crippen LogP contribution in [0.1, 0.15) is 5.56 Å². The van der Waals surface area contributed by atoms with Crippen molar-refractivity contribution in [1.29, 1.82) is 0 Å². The Kier molecular flexibility index (Phi) is 3.10. The number of halogens is 2. The van der Waals surface area contributed by atoms with Crippen molar-refractivity contribution in [1.82, 2.24) is 4.98 Å². The van der Waals surface area contributed by atoms with E-state index in [9.17, 15) is 0 Å². The highest BCUT2D eigenvalue weighted by atomic mass is 35.5. The van der Waals surface area contributed by atoms with Crippen LogP contribution in [-0.2, 0) is 11.3 Å². The van der Waals surface area contributed by atoms with Crippen LogP contribution in [0.4, 0.5) is 0 Å². The zero-order valence-electron chi connectivity index (χ0n) is 8.13. The maximum Gasteiger partial charge on any atom is 0.0773 e. The molecule has 0 N–H and O–H groups in total. The molecule has 2 aromatic rings. The Hall–Kier alpha value is -0.830. The van der Waals surface area contributed by atoms with E-state index in [4.69, 9.17) is 27.9 Å². The molecule has 78 valence electrons. The molecule has 0 amide bonds. The minimum absolute atomic E-state index is 0.449. The lowest BCUT2D eigenvalue weighted by atomic mass is 10.1. The molecule has 15 heavy (non-hydrogen) atoms. The molecule has 0 saturated heterocycles. The Balaban J connectivity index is 2.70. The van der Waals surface area contributed by atoms with Crippen LogP contribution in [-0.4, -0.2) is 12.1 Å². The van der Waals surface area contributed by atoms with E-state index >= 15 is 0 Å². The van der Waals surface area contributed by atoms with Crippen LogP contribution in [0.5, 0.6) is 0 Å². The molecule has 2 nitrogen and oxygen atoms in total. The van der Waals surface area contributed by atoms with Gasteiger partial charge in [0.25, 0.3) is 0 Å². The second-order valence-electron chi connectivity index (χ2n) is 3.18. The fourth-order valence-electron chi connectivity index (χ4n) is 1.49. The Bertz CT molecular complexity index is 499. The molecule has 0 fully saturated rings. The molecule has 2 rings (SSSR count). The topological polar surface area (TPSA) is 22.1 Å². The summed E-state index contributed by atoms with van der Waals surface area (Å²) in [5.74, 6) is 0. The van der Waals surface area contributed by atoms with Crippen LogP contribution in [0.15, 0.2) is 24.4 Å². The number of aromatic nitrogens is 1. The van der Waals surface area contributed by atoms with Crippen LogP contribution in [0.3, 0.4) is 0 Å². The number of rotatable bonds is 2. The molecule has 0 aliphatic carbocycles. The maximum atomic E-state index is 6.07. The van der Waals surface area contributed by atoms with Gasteiger partial charge in [-0.05, 0) is 12.1 Å². The third kappa shape index (κ3) is 2.07. The molecule has 4 heteroatoms. The highest BCUT2D eigenvalue weighted by Gasteiger charge is 2.07. The predicted octanol–water partition coefficient (Wildman–Crippen LogP) is 3.69. The molecule has 1 aromatic heterocycles. The van der Waals surface area contributed by atoms with E-state index in [1.54, 1.807) is 13.3 Å². The van der Waals surface area contributed by atoms with Crippen molar-refractivity contribution in [3.8, 4) is 0 Å². The van der Waals surface area contributed by atoms with Gasteiger partial charge < -0.3 is 4.74 Å². The van der Waals surface area contributed by atoms with Crippen LogP contribution in [0, 0.1) is 0 Å². The Morgan fingerprint density at radius 1 is 1.33 bits per heavy atom. The highest BCUT2D eigenvalue weighted by Crippen LogP contribution is 2.26. The van der Waals surface area contributed by atoms with Crippen LogP contribution >= 0.6 is 23.2 Å². The molecule has 0 spiro atoms. The quantitative estimate of drug-likeness (QED) is 0.801. The summed E-state index contributed by atoms with van der Waals surface area (Å²) in [6.45, 7) is 0.449. The van der Waals surface area contributed by atoms with Gasteiger partial charge in [0.2, 0.25) is 0 Å². The summed E-state index contributed by atoms with van der Waals surface area (Å²) in [7, 11) is 1.63. The van der Waals surface area contributed by atoms with Crippen molar-refractivity contribution in [2.75, 3.05) is 7.11 Å². The third-order valence-electron chi connectivity index (χ3n) is 2.16. The standard InChI is InChI=1S/C11H9Cl2NO/c1-15-6-9-10(13)3-2-7-4-8(12)5-14-11(7)9/h2-5H,6H2,1H3. The van der Waals surface area contributed by atoms with Crippen LogP contribution in [0.2, 0.25) is 10.0 Å². The van der Waals surface area contributed by atoms with Crippen molar-refractivity contribution in [3.63, 3.8) is 0 Å². The zero-order valence-corrected chi connectivity index (χ0v) is 9.64.